The highest BCUT2D eigenvalue weighted by molar-refractivity contribution is 6.32. The van der Waals surface area contributed by atoms with Crippen molar-refractivity contribution in [2.24, 2.45) is 0 Å². The van der Waals surface area contributed by atoms with Gasteiger partial charge in [-0.1, -0.05) is 23.3 Å². The Morgan fingerprint density at radius 3 is 2.65 bits per heavy atom. The Hall–Kier alpha value is -1.88. The Morgan fingerprint density at radius 2 is 2.00 bits per heavy atom. The SMILES string of the molecule is COc1cc(OC)c(NC(=O)NCCC2=CCCCC2)cc1Cl. The lowest BCUT2D eigenvalue weighted by Gasteiger charge is -2.15. The van der Waals surface area contributed by atoms with E-state index in [-0.39, 0.29) is 6.03 Å². The first-order chi connectivity index (χ1) is 11.1. The number of benzene rings is 1. The van der Waals surface area contributed by atoms with Crippen molar-refractivity contribution in [3.63, 3.8) is 0 Å². The molecule has 0 atom stereocenters. The fourth-order valence-electron chi connectivity index (χ4n) is 2.59. The number of methoxy groups -OCH3 is 2. The molecule has 0 saturated carbocycles. The molecule has 0 unspecified atom stereocenters. The van der Waals surface area contributed by atoms with E-state index in [4.69, 9.17) is 21.1 Å². The van der Waals surface area contributed by atoms with E-state index >= 15 is 0 Å². The van der Waals surface area contributed by atoms with E-state index < -0.39 is 0 Å². The monoisotopic (exact) mass is 338 g/mol. The Morgan fingerprint density at radius 1 is 1.22 bits per heavy atom. The maximum Gasteiger partial charge on any atom is 0.319 e. The fraction of sp³-hybridized carbons (Fsp3) is 0.471. The van der Waals surface area contributed by atoms with Crippen LogP contribution in [0.15, 0.2) is 23.8 Å². The van der Waals surface area contributed by atoms with Crippen molar-refractivity contribution >= 4 is 23.3 Å². The predicted molar refractivity (Wildman–Crippen MR) is 92.7 cm³/mol. The Bertz CT molecular complexity index is 587. The minimum Gasteiger partial charge on any atom is -0.495 e. The molecule has 126 valence electrons. The molecule has 1 aliphatic rings. The molecule has 23 heavy (non-hydrogen) atoms. The molecule has 0 fully saturated rings. The van der Waals surface area contributed by atoms with E-state index in [0.717, 1.165) is 19.3 Å². The van der Waals surface area contributed by atoms with Crippen LogP contribution in [0.2, 0.25) is 5.02 Å². The van der Waals surface area contributed by atoms with Gasteiger partial charge in [0, 0.05) is 12.6 Å². The summed E-state index contributed by atoms with van der Waals surface area (Å²) in [6.07, 6.45) is 8.01. The average molecular weight is 339 g/mol. The number of hydrogen-bond donors (Lipinski definition) is 2. The van der Waals surface area contributed by atoms with Gasteiger partial charge in [0.15, 0.2) is 0 Å². The van der Waals surface area contributed by atoms with E-state index in [0.29, 0.717) is 28.8 Å². The van der Waals surface area contributed by atoms with Crippen LogP contribution in [-0.4, -0.2) is 26.8 Å². The number of carbonyl (C=O) groups excluding carboxylic acids is 1. The highest BCUT2D eigenvalue weighted by atomic mass is 35.5. The number of rotatable bonds is 6. The zero-order chi connectivity index (χ0) is 16.7. The summed E-state index contributed by atoms with van der Waals surface area (Å²) in [5.74, 6) is 0.995. The second kappa shape index (κ2) is 8.67. The number of allylic oxidation sites excluding steroid dienone is 1. The van der Waals surface area contributed by atoms with Gasteiger partial charge in [-0.05, 0) is 38.2 Å². The Kier molecular flexibility index (Phi) is 6.59. The van der Waals surface area contributed by atoms with Gasteiger partial charge in [-0.25, -0.2) is 4.79 Å². The van der Waals surface area contributed by atoms with Crippen molar-refractivity contribution in [2.75, 3.05) is 26.1 Å². The van der Waals surface area contributed by atoms with Crippen LogP contribution < -0.4 is 20.1 Å². The molecule has 5 nitrogen and oxygen atoms in total. The topological polar surface area (TPSA) is 59.6 Å². The van der Waals surface area contributed by atoms with Crippen molar-refractivity contribution in [2.45, 2.75) is 32.1 Å². The Labute approximate surface area is 142 Å². The molecule has 0 aliphatic heterocycles. The summed E-state index contributed by atoms with van der Waals surface area (Å²) in [6.45, 7) is 0.615. The first kappa shape index (κ1) is 17.5. The largest absolute Gasteiger partial charge is 0.495 e. The van der Waals surface area contributed by atoms with Gasteiger partial charge in [-0.3, -0.25) is 0 Å². The molecule has 1 aliphatic carbocycles. The highest BCUT2D eigenvalue weighted by Gasteiger charge is 2.12. The summed E-state index contributed by atoms with van der Waals surface area (Å²) < 4.78 is 10.4. The van der Waals surface area contributed by atoms with Crippen LogP contribution in [0.5, 0.6) is 11.5 Å². The van der Waals surface area contributed by atoms with Crippen LogP contribution in [0, 0.1) is 0 Å². The van der Waals surface area contributed by atoms with Crippen LogP contribution in [0.3, 0.4) is 0 Å². The van der Waals surface area contributed by atoms with Crippen molar-refractivity contribution in [1.82, 2.24) is 5.32 Å². The van der Waals surface area contributed by atoms with Gasteiger partial charge < -0.3 is 20.1 Å². The fourth-order valence-corrected chi connectivity index (χ4v) is 2.83. The zero-order valence-electron chi connectivity index (χ0n) is 13.6. The normalized spacial score (nSPS) is 14.0. The molecule has 0 radical (unpaired) electrons. The van der Waals surface area contributed by atoms with Crippen molar-refractivity contribution in [3.05, 3.63) is 28.8 Å². The van der Waals surface area contributed by atoms with Crippen molar-refractivity contribution < 1.29 is 14.3 Å². The maximum absolute atomic E-state index is 12.0. The van der Waals surface area contributed by atoms with Crippen LogP contribution in [0.4, 0.5) is 10.5 Å². The second-order valence-corrected chi connectivity index (χ2v) is 5.83. The number of amides is 2. The number of halogens is 1. The third-order valence-electron chi connectivity index (χ3n) is 3.84. The van der Waals surface area contributed by atoms with Gasteiger partial charge >= 0.3 is 6.03 Å². The van der Waals surface area contributed by atoms with Gasteiger partial charge in [0.25, 0.3) is 0 Å². The van der Waals surface area contributed by atoms with Crippen molar-refractivity contribution in [1.29, 1.82) is 0 Å². The number of anilines is 1. The molecular formula is C17H23ClN2O3. The lowest BCUT2D eigenvalue weighted by Crippen LogP contribution is -2.30. The number of ether oxygens (including phenoxy) is 2. The van der Waals surface area contributed by atoms with Crippen LogP contribution in [0.1, 0.15) is 32.1 Å². The Balaban J connectivity index is 1.89. The van der Waals surface area contributed by atoms with E-state index in [1.54, 1.807) is 12.1 Å². The standard InChI is InChI=1S/C17H23ClN2O3/c1-22-15-11-16(23-2)14(10-13(15)18)20-17(21)19-9-8-12-6-4-3-5-7-12/h6,10-11H,3-5,7-9H2,1-2H3,(H2,19,20,21). The van der Waals surface area contributed by atoms with Crippen molar-refractivity contribution in [3.8, 4) is 11.5 Å². The summed E-state index contributed by atoms with van der Waals surface area (Å²) >= 11 is 6.09. The summed E-state index contributed by atoms with van der Waals surface area (Å²) in [5.41, 5.74) is 1.94. The lowest BCUT2D eigenvalue weighted by molar-refractivity contribution is 0.252. The molecule has 1 aromatic rings. The van der Waals surface area contributed by atoms with Crippen LogP contribution in [0.25, 0.3) is 0 Å². The third-order valence-corrected chi connectivity index (χ3v) is 4.13. The molecular weight excluding hydrogens is 316 g/mol. The molecule has 0 bridgehead atoms. The minimum atomic E-state index is -0.277. The number of nitrogens with one attached hydrogen (secondary N) is 2. The number of carbonyl (C=O) groups is 1. The summed E-state index contributed by atoms with van der Waals surface area (Å²) in [7, 11) is 3.06. The predicted octanol–water partition coefficient (Wildman–Crippen LogP) is 4.37. The quantitative estimate of drug-likeness (QED) is 0.757. The summed E-state index contributed by atoms with van der Waals surface area (Å²) in [6, 6.07) is 2.98. The van der Waals surface area contributed by atoms with Crippen LogP contribution >= 0.6 is 11.6 Å². The van der Waals surface area contributed by atoms with E-state index in [2.05, 4.69) is 16.7 Å². The summed E-state index contributed by atoms with van der Waals surface area (Å²) in [5, 5.41) is 6.03. The average Bonchev–Trinajstić information content (AvgIpc) is 2.56. The highest BCUT2D eigenvalue weighted by Crippen LogP contribution is 2.35. The van der Waals surface area contributed by atoms with Gasteiger partial charge in [-0.15, -0.1) is 0 Å². The second-order valence-electron chi connectivity index (χ2n) is 5.43. The molecule has 0 saturated heterocycles. The molecule has 1 aromatic carbocycles. The molecule has 2 rings (SSSR count). The first-order valence-electron chi connectivity index (χ1n) is 7.78. The van der Waals surface area contributed by atoms with E-state index in [1.807, 2.05) is 0 Å². The molecule has 2 N–H and O–H groups in total. The lowest BCUT2D eigenvalue weighted by atomic mass is 9.97. The first-order valence-corrected chi connectivity index (χ1v) is 8.16. The number of hydrogen-bond acceptors (Lipinski definition) is 3. The molecule has 6 heteroatoms. The smallest absolute Gasteiger partial charge is 0.319 e. The van der Waals surface area contributed by atoms with E-state index in [1.165, 1.54) is 32.6 Å². The molecule has 0 spiro atoms. The van der Waals surface area contributed by atoms with Gasteiger partial charge in [0.05, 0.1) is 24.9 Å². The van der Waals surface area contributed by atoms with Gasteiger partial charge in [0.1, 0.15) is 11.5 Å². The maximum atomic E-state index is 12.0. The van der Waals surface area contributed by atoms with Crippen LogP contribution in [-0.2, 0) is 0 Å². The minimum absolute atomic E-state index is 0.277. The molecule has 2 amide bonds. The van der Waals surface area contributed by atoms with Gasteiger partial charge in [0.2, 0.25) is 0 Å². The molecule has 0 heterocycles. The van der Waals surface area contributed by atoms with E-state index in [9.17, 15) is 4.79 Å². The zero-order valence-corrected chi connectivity index (χ0v) is 14.3. The third kappa shape index (κ3) is 5.06. The molecule has 0 aromatic heterocycles. The summed E-state index contributed by atoms with van der Waals surface area (Å²) in [4.78, 5) is 12.0. The van der Waals surface area contributed by atoms with Gasteiger partial charge in [-0.2, -0.15) is 0 Å². The number of urea groups is 1.